The van der Waals surface area contributed by atoms with Gasteiger partial charge in [-0.3, -0.25) is 29.9 Å². The van der Waals surface area contributed by atoms with Gasteiger partial charge in [0.25, 0.3) is 0 Å². The van der Waals surface area contributed by atoms with Gasteiger partial charge >= 0.3 is 0 Å². The van der Waals surface area contributed by atoms with Crippen LogP contribution in [0.1, 0.15) is 42.8 Å². The van der Waals surface area contributed by atoms with Crippen LogP contribution in [0.4, 0.5) is 20.9 Å². The van der Waals surface area contributed by atoms with Gasteiger partial charge in [0.05, 0.1) is 46.6 Å². The van der Waals surface area contributed by atoms with E-state index in [0.29, 0.717) is 22.9 Å². The molecule has 5 heterocycles. The first-order valence-corrected chi connectivity index (χ1v) is 14.0. The molecule has 0 unspecified atom stereocenters. The Balaban J connectivity index is 1.25. The van der Waals surface area contributed by atoms with Crippen LogP contribution in [0.25, 0.3) is 5.65 Å². The lowest BCUT2D eigenvalue weighted by atomic mass is 10.1. The Bertz CT molecular complexity index is 1530. The van der Waals surface area contributed by atoms with E-state index in [0.717, 1.165) is 48.3 Å². The zero-order chi connectivity index (χ0) is 27.4. The van der Waals surface area contributed by atoms with Gasteiger partial charge in [0.1, 0.15) is 10.0 Å². The number of carbonyl (C=O) groups excluding carboxylic acids is 1. The quantitative estimate of drug-likeness (QED) is 0.175. The van der Waals surface area contributed by atoms with Crippen LogP contribution in [0, 0.1) is 23.6 Å². The normalized spacial score (nSPS) is 13.9. The van der Waals surface area contributed by atoms with Crippen molar-refractivity contribution in [2.75, 3.05) is 23.7 Å². The lowest BCUT2D eigenvalue weighted by Gasteiger charge is -2.25. The van der Waals surface area contributed by atoms with Gasteiger partial charge in [-0.05, 0) is 56.5 Å². The van der Waals surface area contributed by atoms with Crippen molar-refractivity contribution in [3.8, 4) is 0 Å². The fourth-order valence-electron chi connectivity index (χ4n) is 4.30. The van der Waals surface area contributed by atoms with Gasteiger partial charge in [-0.2, -0.15) is 4.37 Å². The third-order valence-electron chi connectivity index (χ3n) is 6.07. The minimum Gasteiger partial charge on any atom is -0.328 e. The first-order chi connectivity index (χ1) is 18.9. The number of anilines is 3. The van der Waals surface area contributed by atoms with Crippen molar-refractivity contribution >= 4 is 61.4 Å². The molecule has 1 aliphatic rings. The number of piperidine rings is 1. The number of carbonyl (C=O) groups is 1. The minimum atomic E-state index is -0.659. The molecule has 0 atom stereocenters. The minimum absolute atomic E-state index is 0.00720. The van der Waals surface area contributed by atoms with E-state index in [1.165, 1.54) is 43.1 Å². The maximum atomic E-state index is 13.7. The Labute approximate surface area is 232 Å². The van der Waals surface area contributed by atoms with Crippen LogP contribution in [0.2, 0.25) is 0 Å². The van der Waals surface area contributed by atoms with Crippen LogP contribution in [-0.2, 0) is 11.3 Å². The molecule has 0 aliphatic carbocycles. The first kappa shape index (κ1) is 26.8. The fourth-order valence-corrected chi connectivity index (χ4v) is 5.66. The number of nitrogens with one attached hydrogen (secondary N) is 4. The van der Waals surface area contributed by atoms with Crippen molar-refractivity contribution in [1.29, 1.82) is 10.8 Å². The average Bonchev–Trinajstić information content (AvgIpc) is 3.52. The molecule has 4 N–H and O–H groups in total. The SMILES string of the molecule is Cc1cn2c(C(=N)SC(=N)CC(=O)Nc3ccncc3F)cnc2c(Nc2cc(CN3CCCCC3)ns2)n1. The number of halogens is 1. The van der Waals surface area contributed by atoms with Crippen LogP contribution in [-0.4, -0.2) is 57.7 Å². The van der Waals surface area contributed by atoms with Crippen molar-refractivity contribution < 1.29 is 9.18 Å². The van der Waals surface area contributed by atoms with Gasteiger partial charge in [0.15, 0.2) is 17.3 Å². The van der Waals surface area contributed by atoms with Crippen molar-refractivity contribution in [3.63, 3.8) is 0 Å². The van der Waals surface area contributed by atoms with Crippen LogP contribution in [0.5, 0.6) is 0 Å². The smallest absolute Gasteiger partial charge is 0.231 e. The van der Waals surface area contributed by atoms with Gasteiger partial charge in [-0.15, -0.1) is 0 Å². The van der Waals surface area contributed by atoms with Gasteiger partial charge in [-0.25, -0.2) is 14.4 Å². The number of nitrogens with zero attached hydrogens (tertiary/aromatic N) is 6. The van der Waals surface area contributed by atoms with Crippen LogP contribution in [0.3, 0.4) is 0 Å². The summed E-state index contributed by atoms with van der Waals surface area (Å²) < 4.78 is 20.1. The van der Waals surface area contributed by atoms with E-state index in [2.05, 4.69) is 34.9 Å². The molecule has 1 aliphatic heterocycles. The number of hydrogen-bond donors (Lipinski definition) is 4. The summed E-state index contributed by atoms with van der Waals surface area (Å²) in [6.45, 7) is 4.89. The molecule has 11 nitrogen and oxygen atoms in total. The van der Waals surface area contributed by atoms with E-state index in [4.69, 9.17) is 10.8 Å². The molecule has 202 valence electrons. The molecule has 4 aromatic rings. The van der Waals surface area contributed by atoms with Crippen molar-refractivity contribution in [2.24, 2.45) is 0 Å². The van der Waals surface area contributed by atoms with E-state index >= 15 is 0 Å². The molecule has 14 heteroatoms. The number of thioether (sulfide) groups is 1. The highest BCUT2D eigenvalue weighted by molar-refractivity contribution is 8.26. The summed E-state index contributed by atoms with van der Waals surface area (Å²) in [4.78, 5) is 27.4. The molecular weight excluding hydrogens is 539 g/mol. The maximum Gasteiger partial charge on any atom is 0.231 e. The number of hydrogen-bond acceptors (Lipinski definition) is 11. The van der Waals surface area contributed by atoms with E-state index in [1.54, 1.807) is 16.8 Å². The number of aryl methyl sites for hydroxylation is 1. The predicted molar refractivity (Wildman–Crippen MR) is 152 cm³/mol. The number of pyridine rings is 1. The van der Waals surface area contributed by atoms with Crippen LogP contribution < -0.4 is 10.6 Å². The highest BCUT2D eigenvalue weighted by atomic mass is 32.2. The predicted octanol–water partition coefficient (Wildman–Crippen LogP) is 4.82. The standard InChI is InChI=1S/C25H27FN10OS2/c1-15-13-36-19(23(28)38-20(27)10-21(37)32-18-5-6-29-11-17(18)26)12-30-25(36)24(31-15)33-22-9-16(34-39-22)14-35-7-3-2-4-8-35/h5-6,9,11-13,27-28H,2-4,7-8,10,14H2,1H3,(H,31,33)(H,29,32,37). The van der Waals surface area contributed by atoms with E-state index in [1.807, 2.05) is 13.0 Å². The summed E-state index contributed by atoms with van der Waals surface area (Å²) in [5.74, 6) is -0.672. The molecule has 0 saturated carbocycles. The highest BCUT2D eigenvalue weighted by Gasteiger charge is 2.18. The number of aromatic nitrogens is 5. The van der Waals surface area contributed by atoms with Crippen LogP contribution >= 0.6 is 23.3 Å². The lowest BCUT2D eigenvalue weighted by Crippen LogP contribution is -2.29. The van der Waals surface area contributed by atoms with Crippen molar-refractivity contribution in [1.82, 2.24) is 28.6 Å². The molecule has 1 amide bonds. The Kier molecular flexibility index (Phi) is 8.24. The van der Waals surface area contributed by atoms with E-state index in [-0.39, 0.29) is 22.2 Å². The van der Waals surface area contributed by atoms with Gasteiger partial charge in [0, 0.05) is 18.9 Å². The second-order valence-corrected chi connectivity index (χ2v) is 11.1. The largest absolute Gasteiger partial charge is 0.328 e. The number of rotatable bonds is 8. The Hall–Kier alpha value is -3.75. The zero-order valence-corrected chi connectivity index (χ0v) is 22.8. The van der Waals surface area contributed by atoms with Crippen molar-refractivity contribution in [2.45, 2.75) is 39.2 Å². The summed E-state index contributed by atoms with van der Waals surface area (Å²) in [5, 5.41) is 23.3. The number of likely N-dealkylation sites (tertiary alicyclic amines) is 1. The highest BCUT2D eigenvalue weighted by Crippen LogP contribution is 2.27. The summed E-state index contributed by atoms with van der Waals surface area (Å²) in [7, 11) is 0. The third-order valence-corrected chi connectivity index (χ3v) is 7.62. The van der Waals surface area contributed by atoms with E-state index < -0.39 is 11.7 Å². The summed E-state index contributed by atoms with van der Waals surface area (Å²) in [5.41, 5.74) is 2.72. The Morgan fingerprint density at radius 3 is 2.85 bits per heavy atom. The molecule has 4 aromatic heterocycles. The maximum absolute atomic E-state index is 13.7. The summed E-state index contributed by atoms with van der Waals surface area (Å²) >= 11 is 2.21. The number of imidazole rings is 1. The molecule has 0 radical (unpaired) electrons. The van der Waals surface area contributed by atoms with Crippen molar-refractivity contribution in [3.05, 3.63) is 59.8 Å². The topological polar surface area (TPSA) is 148 Å². The summed E-state index contributed by atoms with van der Waals surface area (Å²) in [6.07, 6.45) is 9.14. The molecule has 5 rings (SSSR count). The second kappa shape index (κ2) is 12.0. The van der Waals surface area contributed by atoms with Crippen LogP contribution in [0.15, 0.2) is 36.9 Å². The first-order valence-electron chi connectivity index (χ1n) is 12.4. The van der Waals surface area contributed by atoms with Gasteiger partial charge < -0.3 is 10.6 Å². The summed E-state index contributed by atoms with van der Waals surface area (Å²) in [6, 6.07) is 3.37. The van der Waals surface area contributed by atoms with Gasteiger partial charge in [0.2, 0.25) is 5.91 Å². The molecule has 1 saturated heterocycles. The molecule has 0 spiro atoms. The molecular formula is C25H27FN10OS2. The van der Waals surface area contributed by atoms with E-state index in [9.17, 15) is 9.18 Å². The zero-order valence-electron chi connectivity index (χ0n) is 21.2. The molecule has 0 aromatic carbocycles. The molecule has 0 bridgehead atoms. The fraction of sp³-hybridized carbons (Fsp3) is 0.320. The Morgan fingerprint density at radius 2 is 2.05 bits per heavy atom. The average molecular weight is 567 g/mol. The Morgan fingerprint density at radius 1 is 1.23 bits per heavy atom. The lowest BCUT2D eigenvalue weighted by molar-refractivity contribution is -0.115. The number of fused-ring (bicyclic) bond motifs is 1. The molecule has 1 fully saturated rings. The third kappa shape index (κ3) is 6.64. The number of amides is 1. The van der Waals surface area contributed by atoms with Gasteiger partial charge in [-0.1, -0.05) is 18.2 Å². The second-order valence-electron chi connectivity index (χ2n) is 9.15. The monoisotopic (exact) mass is 566 g/mol. The molecule has 39 heavy (non-hydrogen) atoms.